The second-order valence-electron chi connectivity index (χ2n) is 5.14. The molecule has 1 heterocycles. The van der Waals surface area contributed by atoms with Crippen LogP contribution in [0.3, 0.4) is 0 Å². The van der Waals surface area contributed by atoms with Crippen LogP contribution in [0, 0.1) is 3.57 Å². The lowest BCUT2D eigenvalue weighted by atomic mass is 10.2. The van der Waals surface area contributed by atoms with Crippen LogP contribution in [0.15, 0.2) is 54.6 Å². The third-order valence-electron chi connectivity index (χ3n) is 3.19. The van der Waals surface area contributed by atoms with Crippen LogP contribution in [0.25, 0.3) is 11.4 Å². The lowest BCUT2D eigenvalue weighted by Crippen LogP contribution is -2.45. The number of anilines is 1. The van der Waals surface area contributed by atoms with E-state index in [1.165, 1.54) is 4.80 Å². The van der Waals surface area contributed by atoms with E-state index in [1.54, 1.807) is 0 Å². The van der Waals surface area contributed by atoms with Crippen molar-refractivity contribution in [2.75, 3.05) is 5.32 Å². The Morgan fingerprint density at radius 2 is 1.81 bits per heavy atom. The van der Waals surface area contributed by atoms with Crippen molar-refractivity contribution in [1.82, 2.24) is 31.1 Å². The maximum atomic E-state index is 12.0. The second-order valence-corrected chi connectivity index (χ2v) is 6.80. The molecule has 0 radical (unpaired) electrons. The smallest absolute Gasteiger partial charge is 0.262 e. The quantitative estimate of drug-likeness (QED) is 0.299. The molecule has 8 nitrogen and oxygen atoms in total. The number of hydrazine groups is 1. The maximum absolute atomic E-state index is 12.0. The zero-order chi connectivity index (χ0) is 18.4. The molecule has 10 heteroatoms. The number of rotatable bonds is 4. The van der Waals surface area contributed by atoms with Gasteiger partial charge < -0.3 is 5.32 Å². The molecular weight excluding hydrogens is 465 g/mol. The minimum Gasteiger partial charge on any atom is -0.331 e. The van der Waals surface area contributed by atoms with Gasteiger partial charge in [0.2, 0.25) is 5.82 Å². The molecule has 0 unspecified atom stereocenters. The number of benzene rings is 2. The van der Waals surface area contributed by atoms with Gasteiger partial charge in [-0.2, -0.15) is 4.80 Å². The molecule has 132 valence electrons. The van der Waals surface area contributed by atoms with Crippen molar-refractivity contribution in [3.63, 3.8) is 0 Å². The van der Waals surface area contributed by atoms with Gasteiger partial charge in [0.1, 0.15) is 6.54 Å². The highest BCUT2D eigenvalue weighted by molar-refractivity contribution is 14.1. The molecule has 1 aromatic heterocycles. The molecule has 3 rings (SSSR count). The third-order valence-corrected chi connectivity index (χ3v) is 4.11. The number of tetrazole rings is 1. The average Bonchev–Trinajstić information content (AvgIpc) is 3.11. The lowest BCUT2D eigenvalue weighted by molar-refractivity contribution is -0.122. The number of hydrogen-bond acceptors (Lipinski definition) is 5. The molecule has 0 aliphatic heterocycles. The summed E-state index contributed by atoms with van der Waals surface area (Å²) in [5.41, 5.74) is 6.78. The summed E-state index contributed by atoms with van der Waals surface area (Å²) in [5, 5.41) is 15.2. The van der Waals surface area contributed by atoms with E-state index in [4.69, 9.17) is 12.2 Å². The lowest BCUT2D eigenvalue weighted by Gasteiger charge is -2.11. The summed E-state index contributed by atoms with van der Waals surface area (Å²) in [7, 11) is 0. The minimum absolute atomic E-state index is 0.0843. The summed E-state index contributed by atoms with van der Waals surface area (Å²) >= 11 is 7.35. The van der Waals surface area contributed by atoms with Gasteiger partial charge in [-0.3, -0.25) is 15.6 Å². The zero-order valence-corrected chi connectivity index (χ0v) is 16.4. The third kappa shape index (κ3) is 5.20. The summed E-state index contributed by atoms with van der Waals surface area (Å²) in [6.45, 7) is -0.0843. The SMILES string of the molecule is O=C(Cn1nnc(-c2ccccc2)n1)NNC(=S)Nc1ccc(I)cc1. The highest BCUT2D eigenvalue weighted by Crippen LogP contribution is 2.12. The van der Waals surface area contributed by atoms with Gasteiger partial charge in [-0.05, 0) is 64.3 Å². The number of nitrogens with zero attached hydrogens (tertiary/aromatic N) is 4. The predicted molar refractivity (Wildman–Crippen MR) is 110 cm³/mol. The number of thiocarbonyl (C=S) groups is 1. The van der Waals surface area contributed by atoms with Crippen LogP contribution in [0.1, 0.15) is 0 Å². The molecular formula is C16H14IN7OS. The van der Waals surface area contributed by atoms with Gasteiger partial charge in [-0.1, -0.05) is 30.3 Å². The van der Waals surface area contributed by atoms with Crippen molar-refractivity contribution in [3.8, 4) is 11.4 Å². The van der Waals surface area contributed by atoms with Crippen LogP contribution < -0.4 is 16.2 Å². The fraction of sp³-hybridized carbons (Fsp3) is 0.0625. The number of aromatic nitrogens is 4. The average molecular weight is 479 g/mol. The fourth-order valence-corrected chi connectivity index (χ4v) is 2.53. The first-order valence-corrected chi connectivity index (χ1v) is 9.03. The van der Waals surface area contributed by atoms with Gasteiger partial charge in [0.25, 0.3) is 5.91 Å². The highest BCUT2D eigenvalue weighted by Gasteiger charge is 2.09. The maximum Gasteiger partial charge on any atom is 0.262 e. The van der Waals surface area contributed by atoms with Crippen molar-refractivity contribution < 1.29 is 4.79 Å². The molecule has 3 N–H and O–H groups in total. The molecule has 0 spiro atoms. The van der Waals surface area contributed by atoms with Crippen molar-refractivity contribution in [2.24, 2.45) is 0 Å². The molecule has 0 saturated heterocycles. The van der Waals surface area contributed by atoms with Crippen LogP contribution >= 0.6 is 34.8 Å². The first-order valence-electron chi connectivity index (χ1n) is 7.55. The zero-order valence-electron chi connectivity index (χ0n) is 13.4. The molecule has 0 atom stereocenters. The molecule has 0 aliphatic rings. The number of nitrogens with one attached hydrogen (secondary N) is 3. The summed E-state index contributed by atoms with van der Waals surface area (Å²) < 4.78 is 1.12. The Morgan fingerprint density at radius 1 is 1.08 bits per heavy atom. The Bertz CT molecular complexity index is 898. The first kappa shape index (κ1) is 18.2. The molecule has 1 amide bonds. The summed E-state index contributed by atoms with van der Waals surface area (Å²) in [6, 6.07) is 17.1. The van der Waals surface area contributed by atoms with Crippen LogP contribution in [-0.4, -0.2) is 31.2 Å². The largest absolute Gasteiger partial charge is 0.331 e. The number of amides is 1. The van der Waals surface area contributed by atoms with Gasteiger partial charge in [0.15, 0.2) is 5.11 Å². The summed E-state index contributed by atoms with van der Waals surface area (Å²) in [4.78, 5) is 13.2. The molecule has 2 aromatic carbocycles. The van der Waals surface area contributed by atoms with E-state index in [2.05, 4.69) is 54.2 Å². The topological polar surface area (TPSA) is 96.8 Å². The van der Waals surface area contributed by atoms with Gasteiger partial charge in [-0.15, -0.1) is 10.2 Å². The molecule has 0 saturated carbocycles. The van der Waals surface area contributed by atoms with E-state index in [9.17, 15) is 4.79 Å². The van der Waals surface area contributed by atoms with Crippen LogP contribution in [0.4, 0.5) is 5.69 Å². The standard InChI is InChI=1S/C16H14IN7OS/c17-12-6-8-13(9-7-12)18-16(26)21-19-14(25)10-24-22-15(20-23-24)11-4-2-1-3-5-11/h1-9H,10H2,(H,19,25)(H2,18,21,26). The number of carbonyl (C=O) groups is 1. The van der Waals surface area contributed by atoms with Crippen molar-refractivity contribution in [1.29, 1.82) is 0 Å². The van der Waals surface area contributed by atoms with Crippen LogP contribution in [0.2, 0.25) is 0 Å². The normalized spacial score (nSPS) is 10.2. The molecule has 0 bridgehead atoms. The minimum atomic E-state index is -0.353. The van der Waals surface area contributed by atoms with Gasteiger partial charge >= 0.3 is 0 Å². The monoisotopic (exact) mass is 479 g/mol. The number of carbonyl (C=O) groups excluding carboxylic acids is 1. The Balaban J connectivity index is 1.47. The second kappa shape index (κ2) is 8.67. The van der Waals surface area contributed by atoms with E-state index < -0.39 is 0 Å². The summed E-state index contributed by atoms with van der Waals surface area (Å²) in [6.07, 6.45) is 0. The molecule has 26 heavy (non-hydrogen) atoms. The molecule has 0 aliphatic carbocycles. The van der Waals surface area contributed by atoms with E-state index in [-0.39, 0.29) is 17.6 Å². The van der Waals surface area contributed by atoms with Gasteiger partial charge in [-0.25, -0.2) is 0 Å². The number of halogens is 1. The van der Waals surface area contributed by atoms with Crippen molar-refractivity contribution >= 4 is 51.5 Å². The summed E-state index contributed by atoms with van der Waals surface area (Å²) in [5.74, 6) is 0.107. The van der Waals surface area contributed by atoms with Crippen LogP contribution in [-0.2, 0) is 11.3 Å². The number of hydrogen-bond donors (Lipinski definition) is 3. The van der Waals surface area contributed by atoms with Crippen LogP contribution in [0.5, 0.6) is 0 Å². The first-order chi connectivity index (χ1) is 12.6. The van der Waals surface area contributed by atoms with Crippen molar-refractivity contribution in [2.45, 2.75) is 6.54 Å². The predicted octanol–water partition coefficient (Wildman–Crippen LogP) is 1.96. The molecule has 3 aromatic rings. The fourth-order valence-electron chi connectivity index (χ4n) is 2.00. The highest BCUT2D eigenvalue weighted by atomic mass is 127. The Morgan fingerprint density at radius 3 is 2.54 bits per heavy atom. The van der Waals surface area contributed by atoms with E-state index >= 15 is 0 Å². The van der Waals surface area contributed by atoms with Crippen molar-refractivity contribution in [3.05, 3.63) is 58.2 Å². The Hall–Kier alpha value is -2.60. The Kier molecular flexibility index (Phi) is 6.07. The van der Waals surface area contributed by atoms with E-state index in [0.717, 1.165) is 14.8 Å². The van der Waals surface area contributed by atoms with Gasteiger partial charge in [0, 0.05) is 14.8 Å². The Labute approximate surface area is 168 Å². The van der Waals surface area contributed by atoms with E-state index in [0.29, 0.717) is 5.82 Å². The molecule has 0 fully saturated rings. The van der Waals surface area contributed by atoms with Gasteiger partial charge in [0.05, 0.1) is 0 Å². The van der Waals surface area contributed by atoms with E-state index in [1.807, 2.05) is 54.6 Å².